The van der Waals surface area contributed by atoms with Gasteiger partial charge in [0.1, 0.15) is 11.5 Å². The number of hydrazine groups is 1. The highest BCUT2D eigenvalue weighted by Gasteiger charge is 2.16. The molecule has 8 heteroatoms. The Morgan fingerprint density at radius 1 is 1.07 bits per heavy atom. The molecule has 2 aromatic carbocycles. The van der Waals surface area contributed by atoms with Gasteiger partial charge in [-0.15, -0.1) is 11.3 Å². The minimum absolute atomic E-state index is 0.230. The first-order valence-corrected chi connectivity index (χ1v) is 10.2. The molecule has 1 heterocycles. The smallest absolute Gasteiger partial charge is 0.279 e. The normalized spacial score (nSPS) is 11.7. The van der Waals surface area contributed by atoms with Crippen LogP contribution >= 0.6 is 11.3 Å². The van der Waals surface area contributed by atoms with E-state index in [4.69, 9.17) is 9.47 Å². The number of nitrogens with one attached hydrogen (secondary N) is 2. The Balaban J connectivity index is 1.41. The summed E-state index contributed by atoms with van der Waals surface area (Å²) in [4.78, 5) is 28.6. The number of thiazole rings is 1. The van der Waals surface area contributed by atoms with Crippen LogP contribution in [-0.2, 0) is 16.0 Å². The lowest BCUT2D eigenvalue weighted by Crippen LogP contribution is -2.47. The summed E-state index contributed by atoms with van der Waals surface area (Å²) in [6.07, 6.45) is -0.0226. The Morgan fingerprint density at radius 3 is 2.52 bits per heavy atom. The number of aromatic nitrogens is 1. The number of hydrogen-bond acceptors (Lipinski definition) is 6. The second-order valence-corrected chi connectivity index (χ2v) is 7.39. The highest BCUT2D eigenvalue weighted by molar-refractivity contribution is 7.18. The molecule has 1 atom stereocenters. The molecule has 2 amide bonds. The average Bonchev–Trinajstić information content (AvgIpc) is 3.15. The van der Waals surface area contributed by atoms with Crippen molar-refractivity contribution in [2.75, 3.05) is 6.61 Å². The molecule has 0 saturated heterocycles. The van der Waals surface area contributed by atoms with Crippen LogP contribution in [-0.4, -0.2) is 29.5 Å². The van der Waals surface area contributed by atoms with Crippen molar-refractivity contribution in [3.8, 4) is 11.5 Å². The maximum Gasteiger partial charge on any atom is 0.279 e. The van der Waals surface area contributed by atoms with Crippen LogP contribution in [0.2, 0.25) is 0 Å². The summed E-state index contributed by atoms with van der Waals surface area (Å²) >= 11 is 1.57. The van der Waals surface area contributed by atoms with Crippen LogP contribution in [0.3, 0.4) is 0 Å². The molecule has 7 nitrogen and oxygen atoms in total. The van der Waals surface area contributed by atoms with Gasteiger partial charge in [0.15, 0.2) is 6.10 Å². The van der Waals surface area contributed by atoms with Crippen molar-refractivity contribution in [2.24, 2.45) is 0 Å². The number of ether oxygens (including phenoxy) is 2. The fraction of sp³-hybridized carbons (Fsp3) is 0.286. The molecule has 0 spiro atoms. The van der Waals surface area contributed by atoms with Gasteiger partial charge in [-0.3, -0.25) is 20.4 Å². The van der Waals surface area contributed by atoms with E-state index in [9.17, 15) is 9.59 Å². The molecule has 2 N–H and O–H groups in total. The molecule has 152 valence electrons. The molecular formula is C21H23N3O4S. The molecule has 0 aliphatic carbocycles. The Kier molecular flexibility index (Phi) is 7.02. The first-order chi connectivity index (χ1) is 14.0. The number of carbonyl (C=O) groups excluding carboxylic acids is 2. The first kappa shape index (κ1) is 20.6. The molecule has 0 bridgehead atoms. The van der Waals surface area contributed by atoms with E-state index in [0.717, 1.165) is 21.0 Å². The van der Waals surface area contributed by atoms with Crippen LogP contribution in [0.5, 0.6) is 11.5 Å². The highest BCUT2D eigenvalue weighted by Crippen LogP contribution is 2.22. The van der Waals surface area contributed by atoms with Gasteiger partial charge in [-0.2, -0.15) is 0 Å². The topological polar surface area (TPSA) is 89.5 Å². The summed E-state index contributed by atoms with van der Waals surface area (Å²) in [6, 6.07) is 14.8. The van der Waals surface area contributed by atoms with Crippen LogP contribution in [0.25, 0.3) is 10.2 Å². The molecular weight excluding hydrogens is 390 g/mol. The zero-order valence-electron chi connectivity index (χ0n) is 16.3. The molecule has 3 rings (SSSR count). The number of aryl methyl sites for hydroxylation is 1. The predicted octanol–water partition coefficient (Wildman–Crippen LogP) is 3.24. The zero-order valence-corrected chi connectivity index (χ0v) is 17.1. The molecule has 0 aliphatic rings. The lowest BCUT2D eigenvalue weighted by Gasteiger charge is -2.15. The van der Waals surface area contributed by atoms with Gasteiger partial charge < -0.3 is 9.47 Å². The Bertz CT molecular complexity index is 938. The monoisotopic (exact) mass is 413 g/mol. The molecule has 0 aliphatic heterocycles. The van der Waals surface area contributed by atoms with Crippen LogP contribution < -0.4 is 20.3 Å². The molecule has 0 saturated carbocycles. The van der Waals surface area contributed by atoms with Gasteiger partial charge >= 0.3 is 0 Å². The van der Waals surface area contributed by atoms with Gasteiger partial charge in [0, 0.05) is 12.8 Å². The first-order valence-electron chi connectivity index (χ1n) is 9.38. The third-order valence-corrected chi connectivity index (χ3v) is 5.14. The lowest BCUT2D eigenvalue weighted by molar-refractivity contribution is -0.132. The van der Waals surface area contributed by atoms with Crippen molar-refractivity contribution in [1.29, 1.82) is 0 Å². The second kappa shape index (κ2) is 9.88. The summed E-state index contributed by atoms with van der Waals surface area (Å²) < 4.78 is 12.0. The number of benzene rings is 2. The summed E-state index contributed by atoms with van der Waals surface area (Å²) in [7, 11) is 0. The van der Waals surface area contributed by atoms with Crippen molar-refractivity contribution in [3.63, 3.8) is 0 Å². The number of para-hydroxylation sites is 1. The lowest BCUT2D eigenvalue weighted by atomic mass is 10.3. The number of amides is 2. The third kappa shape index (κ3) is 5.92. The number of hydrogen-bond donors (Lipinski definition) is 2. The summed E-state index contributed by atoms with van der Waals surface area (Å²) in [6.45, 7) is 4.10. The minimum atomic E-state index is -0.766. The van der Waals surface area contributed by atoms with E-state index in [-0.39, 0.29) is 12.3 Å². The second-order valence-electron chi connectivity index (χ2n) is 6.28. The van der Waals surface area contributed by atoms with E-state index >= 15 is 0 Å². The molecule has 29 heavy (non-hydrogen) atoms. The summed E-state index contributed by atoms with van der Waals surface area (Å²) in [5.41, 5.74) is 5.74. The molecule has 0 unspecified atom stereocenters. The number of nitrogens with zero attached hydrogens (tertiary/aromatic N) is 1. The van der Waals surface area contributed by atoms with Gasteiger partial charge in [-0.1, -0.05) is 12.1 Å². The Morgan fingerprint density at radius 2 is 1.79 bits per heavy atom. The molecule has 0 radical (unpaired) electrons. The average molecular weight is 413 g/mol. The van der Waals surface area contributed by atoms with E-state index in [1.807, 2.05) is 31.2 Å². The van der Waals surface area contributed by atoms with E-state index in [2.05, 4.69) is 15.8 Å². The quantitative estimate of drug-likeness (QED) is 0.554. The Labute approximate surface area is 173 Å². The molecule has 3 aromatic rings. The largest absolute Gasteiger partial charge is 0.494 e. The van der Waals surface area contributed by atoms with Gasteiger partial charge in [0.2, 0.25) is 5.91 Å². The maximum absolute atomic E-state index is 12.1. The van der Waals surface area contributed by atoms with Gasteiger partial charge in [-0.05, 0) is 50.2 Å². The van der Waals surface area contributed by atoms with Gasteiger partial charge in [0.25, 0.3) is 5.91 Å². The maximum atomic E-state index is 12.1. The summed E-state index contributed by atoms with van der Waals surface area (Å²) in [5, 5.41) is 0.889. The van der Waals surface area contributed by atoms with Crippen molar-refractivity contribution >= 4 is 33.4 Å². The Hall–Kier alpha value is -3.13. The number of carbonyl (C=O) groups is 2. The van der Waals surface area contributed by atoms with E-state index in [1.165, 1.54) is 0 Å². The fourth-order valence-electron chi connectivity index (χ4n) is 2.58. The standard InChI is InChI=1S/C21H23N3O4S/c1-3-27-15-8-10-16(11-9-15)28-14(2)21(26)24-23-19(25)12-13-20-22-17-6-4-5-7-18(17)29-20/h4-11,14H,3,12-13H2,1-2H3,(H,23,25)(H,24,26)/t14-/m1/s1. The number of rotatable bonds is 8. The van der Waals surface area contributed by atoms with E-state index in [0.29, 0.717) is 18.8 Å². The van der Waals surface area contributed by atoms with Crippen LogP contribution in [0, 0.1) is 0 Å². The van der Waals surface area contributed by atoms with Crippen LogP contribution in [0.1, 0.15) is 25.3 Å². The van der Waals surface area contributed by atoms with Crippen LogP contribution in [0.4, 0.5) is 0 Å². The van der Waals surface area contributed by atoms with Crippen LogP contribution in [0.15, 0.2) is 48.5 Å². The van der Waals surface area contributed by atoms with Gasteiger partial charge in [0.05, 0.1) is 21.8 Å². The summed E-state index contributed by atoms with van der Waals surface area (Å²) in [5.74, 6) is 0.550. The van der Waals surface area contributed by atoms with E-state index < -0.39 is 12.0 Å². The molecule has 0 fully saturated rings. The fourth-order valence-corrected chi connectivity index (χ4v) is 3.55. The highest BCUT2D eigenvalue weighted by atomic mass is 32.1. The van der Waals surface area contributed by atoms with Crippen molar-refractivity contribution < 1.29 is 19.1 Å². The van der Waals surface area contributed by atoms with Crippen molar-refractivity contribution in [2.45, 2.75) is 32.8 Å². The minimum Gasteiger partial charge on any atom is -0.494 e. The van der Waals surface area contributed by atoms with Crippen molar-refractivity contribution in [1.82, 2.24) is 15.8 Å². The molecule has 1 aromatic heterocycles. The number of fused-ring (bicyclic) bond motifs is 1. The predicted molar refractivity (Wildman–Crippen MR) is 112 cm³/mol. The van der Waals surface area contributed by atoms with E-state index in [1.54, 1.807) is 42.5 Å². The van der Waals surface area contributed by atoms with Gasteiger partial charge in [-0.25, -0.2) is 4.98 Å². The third-order valence-electron chi connectivity index (χ3n) is 4.05. The van der Waals surface area contributed by atoms with Crippen molar-refractivity contribution in [3.05, 3.63) is 53.5 Å². The SMILES string of the molecule is CCOc1ccc(O[C@H](C)C(=O)NNC(=O)CCc2nc3ccccc3s2)cc1. The zero-order chi connectivity index (χ0) is 20.6.